The van der Waals surface area contributed by atoms with E-state index in [2.05, 4.69) is 29.2 Å². The van der Waals surface area contributed by atoms with E-state index in [9.17, 15) is 14.7 Å². The zero-order valence-electron chi connectivity index (χ0n) is 16.2. The molecule has 0 bridgehead atoms. The molecule has 0 saturated heterocycles. The van der Waals surface area contributed by atoms with Gasteiger partial charge in [0, 0.05) is 30.8 Å². The highest BCUT2D eigenvalue weighted by atomic mass is 16.6. The molecule has 1 aliphatic heterocycles. The molecule has 2 heterocycles. The summed E-state index contributed by atoms with van der Waals surface area (Å²) in [4.78, 5) is 29.8. The molecule has 1 N–H and O–H groups in total. The lowest BCUT2D eigenvalue weighted by molar-refractivity contribution is 0.0696. The molecular weight excluding hydrogens is 380 g/mol. The number of rotatable bonds is 3. The molecule has 0 fully saturated rings. The molecule has 1 aliphatic carbocycles. The second kappa shape index (κ2) is 7.30. The van der Waals surface area contributed by atoms with Crippen LogP contribution in [0.2, 0.25) is 0 Å². The van der Waals surface area contributed by atoms with Crippen molar-refractivity contribution in [3.8, 4) is 11.1 Å². The minimum absolute atomic E-state index is 0.0127. The van der Waals surface area contributed by atoms with Gasteiger partial charge in [0.05, 0.1) is 12.1 Å². The quantitative estimate of drug-likeness (QED) is 0.716. The molecule has 0 spiro atoms. The van der Waals surface area contributed by atoms with E-state index in [0.717, 1.165) is 11.3 Å². The zero-order valence-corrected chi connectivity index (χ0v) is 16.2. The van der Waals surface area contributed by atoms with E-state index >= 15 is 0 Å². The number of hydrogen-bond acceptors (Lipinski definition) is 4. The summed E-state index contributed by atoms with van der Waals surface area (Å²) >= 11 is 0. The average molecular weight is 400 g/mol. The number of benzene rings is 2. The lowest BCUT2D eigenvalue weighted by Crippen LogP contribution is -2.37. The number of hydrogen-bond donors (Lipinski definition) is 1. The molecule has 5 rings (SSSR count). The zero-order chi connectivity index (χ0) is 20.7. The SMILES string of the molecule is O=C(O)c1cnc2c(c1)CN(C(=O)OCC1c3ccccc3-c3ccccc31)CC2. The molecule has 0 saturated carbocycles. The van der Waals surface area contributed by atoms with Gasteiger partial charge < -0.3 is 14.7 Å². The Bertz CT molecular complexity index is 1110. The van der Waals surface area contributed by atoms with Crippen molar-refractivity contribution in [1.82, 2.24) is 9.88 Å². The number of pyridine rings is 1. The minimum Gasteiger partial charge on any atom is -0.478 e. The third kappa shape index (κ3) is 3.10. The number of carbonyl (C=O) groups excluding carboxylic acids is 1. The highest BCUT2D eigenvalue weighted by Gasteiger charge is 2.30. The Labute approximate surface area is 173 Å². The van der Waals surface area contributed by atoms with Crippen LogP contribution in [0.15, 0.2) is 60.8 Å². The van der Waals surface area contributed by atoms with Crippen LogP contribution in [0.5, 0.6) is 0 Å². The highest BCUT2D eigenvalue weighted by Crippen LogP contribution is 2.44. The Balaban J connectivity index is 1.31. The number of amides is 1. The van der Waals surface area contributed by atoms with Crippen molar-refractivity contribution in [2.45, 2.75) is 18.9 Å². The topological polar surface area (TPSA) is 79.7 Å². The Morgan fingerprint density at radius 3 is 2.40 bits per heavy atom. The first-order valence-electron chi connectivity index (χ1n) is 9.93. The highest BCUT2D eigenvalue weighted by molar-refractivity contribution is 5.87. The summed E-state index contributed by atoms with van der Waals surface area (Å²) in [6.07, 6.45) is 1.56. The van der Waals surface area contributed by atoms with E-state index in [-0.39, 0.29) is 24.2 Å². The smallest absolute Gasteiger partial charge is 0.410 e. The molecule has 2 aliphatic rings. The fraction of sp³-hybridized carbons (Fsp3) is 0.208. The summed E-state index contributed by atoms with van der Waals surface area (Å²) < 4.78 is 5.72. The fourth-order valence-electron chi connectivity index (χ4n) is 4.38. The normalized spacial score (nSPS) is 14.6. The maximum absolute atomic E-state index is 12.8. The maximum atomic E-state index is 12.8. The molecule has 1 amide bonds. The van der Waals surface area contributed by atoms with Crippen LogP contribution in [0.4, 0.5) is 4.79 Å². The number of aromatic carboxylic acids is 1. The van der Waals surface area contributed by atoms with Gasteiger partial charge in [-0.05, 0) is 33.9 Å². The first-order valence-corrected chi connectivity index (χ1v) is 9.93. The molecule has 3 aromatic rings. The lowest BCUT2D eigenvalue weighted by Gasteiger charge is -2.28. The van der Waals surface area contributed by atoms with E-state index in [0.29, 0.717) is 19.5 Å². The van der Waals surface area contributed by atoms with Gasteiger partial charge in [-0.3, -0.25) is 4.98 Å². The number of carboxylic acid groups (broad SMARTS) is 1. The Kier molecular flexibility index (Phi) is 4.47. The summed E-state index contributed by atoms with van der Waals surface area (Å²) in [6.45, 7) is 1.08. The van der Waals surface area contributed by atoms with Crippen LogP contribution in [-0.2, 0) is 17.7 Å². The van der Waals surface area contributed by atoms with Crippen LogP contribution in [0.3, 0.4) is 0 Å². The minimum atomic E-state index is -1.02. The van der Waals surface area contributed by atoms with Crippen molar-refractivity contribution in [3.05, 3.63) is 88.7 Å². The molecule has 0 atom stereocenters. The Hall–Kier alpha value is -3.67. The standard InChI is InChI=1S/C24H20N2O4/c27-23(28)15-11-16-13-26(10-9-22(16)25-12-15)24(29)30-14-21-19-7-3-1-5-17(19)18-6-2-4-8-20(18)21/h1-8,11-12,21H,9-10,13-14H2,(H,27,28). The monoisotopic (exact) mass is 400 g/mol. The number of carbonyl (C=O) groups is 2. The van der Waals surface area contributed by atoms with Gasteiger partial charge in [0.2, 0.25) is 0 Å². The molecular formula is C24H20N2O4. The largest absolute Gasteiger partial charge is 0.478 e. The number of aromatic nitrogens is 1. The molecule has 0 unspecified atom stereocenters. The van der Waals surface area contributed by atoms with Crippen molar-refractivity contribution < 1.29 is 19.4 Å². The summed E-state index contributed by atoms with van der Waals surface area (Å²) in [5.41, 5.74) is 6.44. The number of ether oxygens (including phenoxy) is 1. The molecule has 30 heavy (non-hydrogen) atoms. The first kappa shape index (κ1) is 18.4. The van der Waals surface area contributed by atoms with Crippen molar-refractivity contribution >= 4 is 12.1 Å². The second-order valence-electron chi connectivity index (χ2n) is 7.61. The number of nitrogens with zero attached hydrogens (tertiary/aromatic N) is 2. The fourth-order valence-corrected chi connectivity index (χ4v) is 4.38. The predicted octanol–water partition coefficient (Wildman–Crippen LogP) is 4.09. The van der Waals surface area contributed by atoms with Crippen molar-refractivity contribution in [2.75, 3.05) is 13.2 Å². The van der Waals surface area contributed by atoms with Gasteiger partial charge in [0.25, 0.3) is 0 Å². The lowest BCUT2D eigenvalue weighted by atomic mass is 9.98. The molecule has 6 heteroatoms. The maximum Gasteiger partial charge on any atom is 0.410 e. The van der Waals surface area contributed by atoms with Crippen molar-refractivity contribution in [1.29, 1.82) is 0 Å². The molecule has 1 aromatic heterocycles. The van der Waals surface area contributed by atoms with E-state index in [1.807, 2.05) is 24.3 Å². The second-order valence-corrected chi connectivity index (χ2v) is 7.61. The third-order valence-corrected chi connectivity index (χ3v) is 5.88. The molecule has 150 valence electrons. The van der Waals surface area contributed by atoms with Crippen LogP contribution in [-0.4, -0.2) is 40.2 Å². The average Bonchev–Trinajstić information content (AvgIpc) is 3.10. The summed E-state index contributed by atoms with van der Waals surface area (Å²) in [5.74, 6) is -1.01. The third-order valence-electron chi connectivity index (χ3n) is 5.88. The van der Waals surface area contributed by atoms with Crippen molar-refractivity contribution in [2.24, 2.45) is 0 Å². The van der Waals surface area contributed by atoms with Gasteiger partial charge >= 0.3 is 12.1 Å². The summed E-state index contributed by atoms with van der Waals surface area (Å²) in [7, 11) is 0. The van der Waals surface area contributed by atoms with E-state index in [1.165, 1.54) is 28.5 Å². The molecule has 6 nitrogen and oxygen atoms in total. The van der Waals surface area contributed by atoms with E-state index in [4.69, 9.17) is 4.74 Å². The Morgan fingerprint density at radius 1 is 1.07 bits per heavy atom. The van der Waals surface area contributed by atoms with Crippen LogP contribution in [0.25, 0.3) is 11.1 Å². The Morgan fingerprint density at radius 2 is 1.73 bits per heavy atom. The van der Waals surface area contributed by atoms with Gasteiger partial charge in [0.15, 0.2) is 0 Å². The predicted molar refractivity (Wildman–Crippen MR) is 110 cm³/mol. The van der Waals surface area contributed by atoms with E-state index < -0.39 is 5.97 Å². The van der Waals surface area contributed by atoms with Gasteiger partial charge in [-0.1, -0.05) is 48.5 Å². The first-order chi connectivity index (χ1) is 14.6. The van der Waals surface area contributed by atoms with Crippen LogP contribution < -0.4 is 0 Å². The van der Waals surface area contributed by atoms with E-state index in [1.54, 1.807) is 11.0 Å². The van der Waals surface area contributed by atoms with Crippen LogP contribution >= 0.6 is 0 Å². The summed E-state index contributed by atoms with van der Waals surface area (Å²) in [6, 6.07) is 18.0. The molecule has 0 radical (unpaired) electrons. The van der Waals surface area contributed by atoms with Gasteiger partial charge in [-0.15, -0.1) is 0 Å². The summed E-state index contributed by atoms with van der Waals surface area (Å²) in [5, 5.41) is 9.18. The van der Waals surface area contributed by atoms with Crippen LogP contribution in [0.1, 0.15) is 38.7 Å². The number of fused-ring (bicyclic) bond motifs is 4. The number of carboxylic acids is 1. The van der Waals surface area contributed by atoms with Gasteiger partial charge in [0.1, 0.15) is 6.61 Å². The molecule has 2 aromatic carbocycles. The van der Waals surface area contributed by atoms with Crippen molar-refractivity contribution in [3.63, 3.8) is 0 Å². The van der Waals surface area contributed by atoms with Crippen LogP contribution in [0, 0.1) is 0 Å². The van der Waals surface area contributed by atoms with Gasteiger partial charge in [-0.2, -0.15) is 0 Å². The van der Waals surface area contributed by atoms with Gasteiger partial charge in [-0.25, -0.2) is 9.59 Å².